The number of phenols is 1. The van der Waals surface area contributed by atoms with Gasteiger partial charge in [0.05, 0.1) is 0 Å². The lowest BCUT2D eigenvalue weighted by Gasteiger charge is -2.10. The van der Waals surface area contributed by atoms with Gasteiger partial charge in [-0.2, -0.15) is 0 Å². The molecule has 4 heteroatoms. The third-order valence-corrected chi connectivity index (χ3v) is 3.40. The van der Waals surface area contributed by atoms with Crippen LogP contribution in [0.3, 0.4) is 0 Å². The Morgan fingerprint density at radius 2 is 2.00 bits per heavy atom. The lowest BCUT2D eigenvalue weighted by atomic mass is 10.1. The number of benzene rings is 1. The van der Waals surface area contributed by atoms with Crippen molar-refractivity contribution in [3.05, 3.63) is 59.4 Å². The minimum Gasteiger partial charge on any atom is -0.506 e. The van der Waals surface area contributed by atoms with E-state index in [1.54, 1.807) is 12.3 Å². The zero-order chi connectivity index (χ0) is 14.8. The first-order valence-corrected chi connectivity index (χ1v) is 6.88. The van der Waals surface area contributed by atoms with Crippen molar-refractivity contribution in [2.45, 2.75) is 20.4 Å². The molecule has 0 aliphatic heterocycles. The van der Waals surface area contributed by atoms with Crippen LogP contribution in [-0.4, -0.2) is 15.1 Å². The fraction of sp³-hybridized carbons (Fsp3) is 0.176. The summed E-state index contributed by atoms with van der Waals surface area (Å²) in [6.45, 7) is 4.68. The Kier molecular flexibility index (Phi) is 3.44. The molecule has 21 heavy (non-hydrogen) atoms. The van der Waals surface area contributed by atoms with E-state index < -0.39 is 0 Å². The van der Waals surface area contributed by atoms with Crippen molar-refractivity contribution in [1.29, 1.82) is 0 Å². The second-order valence-corrected chi connectivity index (χ2v) is 5.17. The summed E-state index contributed by atoms with van der Waals surface area (Å²) in [5.74, 6) is 1.07. The first-order valence-electron chi connectivity index (χ1n) is 6.88. The van der Waals surface area contributed by atoms with Gasteiger partial charge in [0.15, 0.2) is 0 Å². The molecule has 3 rings (SSSR count). The molecule has 0 aliphatic carbocycles. The predicted octanol–water partition coefficient (Wildman–Crippen LogP) is 3.56. The van der Waals surface area contributed by atoms with Crippen LogP contribution in [0.1, 0.15) is 16.8 Å². The second-order valence-electron chi connectivity index (χ2n) is 5.17. The Morgan fingerprint density at radius 3 is 2.81 bits per heavy atom. The summed E-state index contributed by atoms with van der Waals surface area (Å²) in [5.41, 5.74) is 3.89. The average Bonchev–Trinajstić information content (AvgIpc) is 2.46. The molecule has 0 spiro atoms. The monoisotopic (exact) mass is 279 g/mol. The summed E-state index contributed by atoms with van der Waals surface area (Å²) in [6, 6.07) is 11.5. The molecule has 2 aromatic heterocycles. The number of fused-ring (bicyclic) bond motifs is 1. The highest BCUT2D eigenvalue weighted by Gasteiger charge is 2.06. The number of aromatic hydroxyl groups is 1. The third kappa shape index (κ3) is 2.79. The van der Waals surface area contributed by atoms with Gasteiger partial charge in [-0.15, -0.1) is 0 Å². The fourth-order valence-electron chi connectivity index (χ4n) is 2.49. The maximum absolute atomic E-state index is 9.86. The van der Waals surface area contributed by atoms with Crippen LogP contribution in [0.4, 0.5) is 5.82 Å². The molecule has 106 valence electrons. The van der Waals surface area contributed by atoms with Crippen molar-refractivity contribution in [3.8, 4) is 5.75 Å². The van der Waals surface area contributed by atoms with Gasteiger partial charge < -0.3 is 10.4 Å². The molecule has 0 saturated carbocycles. The van der Waals surface area contributed by atoms with Crippen LogP contribution in [-0.2, 0) is 6.54 Å². The second kappa shape index (κ2) is 5.40. The van der Waals surface area contributed by atoms with Crippen LogP contribution in [0.2, 0.25) is 0 Å². The summed E-state index contributed by atoms with van der Waals surface area (Å²) < 4.78 is 0. The van der Waals surface area contributed by atoms with Crippen LogP contribution in [0.15, 0.2) is 42.6 Å². The standard InChI is InChI=1S/C17H17N3O/c1-11-8-12(2)20-16(9-11)19-10-13-5-6-15(21)17-14(13)4-3-7-18-17/h3-9,21H,10H2,1-2H3,(H,19,20). The van der Waals surface area contributed by atoms with Crippen LogP contribution in [0.5, 0.6) is 5.75 Å². The van der Waals surface area contributed by atoms with Gasteiger partial charge in [-0.25, -0.2) is 4.98 Å². The Hall–Kier alpha value is -2.62. The van der Waals surface area contributed by atoms with E-state index in [0.29, 0.717) is 12.1 Å². The van der Waals surface area contributed by atoms with Gasteiger partial charge in [0.1, 0.15) is 17.1 Å². The maximum atomic E-state index is 9.86. The summed E-state index contributed by atoms with van der Waals surface area (Å²) in [4.78, 5) is 8.70. The molecule has 0 bridgehead atoms. The van der Waals surface area contributed by atoms with Crippen molar-refractivity contribution in [2.75, 3.05) is 5.32 Å². The molecule has 0 amide bonds. The number of hydrogen-bond acceptors (Lipinski definition) is 4. The lowest BCUT2D eigenvalue weighted by Crippen LogP contribution is -2.03. The van der Waals surface area contributed by atoms with Crippen molar-refractivity contribution < 1.29 is 5.11 Å². The molecule has 4 nitrogen and oxygen atoms in total. The molecule has 3 aromatic rings. The van der Waals surface area contributed by atoms with Gasteiger partial charge in [-0.05, 0) is 49.2 Å². The molecule has 1 aromatic carbocycles. The van der Waals surface area contributed by atoms with E-state index in [0.717, 1.165) is 22.5 Å². The Balaban J connectivity index is 1.90. The number of nitrogens with zero attached hydrogens (tertiary/aromatic N) is 2. The number of hydrogen-bond donors (Lipinski definition) is 2. The molecular weight excluding hydrogens is 262 g/mol. The Bertz CT molecular complexity index is 779. The van der Waals surface area contributed by atoms with Gasteiger partial charge in [0, 0.05) is 23.8 Å². The van der Waals surface area contributed by atoms with E-state index in [1.165, 1.54) is 5.56 Å². The zero-order valence-corrected chi connectivity index (χ0v) is 12.1. The van der Waals surface area contributed by atoms with Gasteiger partial charge in [0.25, 0.3) is 0 Å². The van der Waals surface area contributed by atoms with E-state index in [-0.39, 0.29) is 5.75 Å². The number of phenolic OH excluding ortho intramolecular Hbond substituents is 1. The molecule has 2 heterocycles. The number of rotatable bonds is 3. The largest absolute Gasteiger partial charge is 0.506 e. The Labute approximate surface area is 123 Å². The summed E-state index contributed by atoms with van der Waals surface area (Å²) in [5, 5.41) is 14.1. The van der Waals surface area contributed by atoms with Crippen LogP contribution in [0.25, 0.3) is 10.9 Å². The highest BCUT2D eigenvalue weighted by Crippen LogP contribution is 2.25. The van der Waals surface area contributed by atoms with Crippen molar-refractivity contribution in [3.63, 3.8) is 0 Å². The molecule has 0 saturated heterocycles. The third-order valence-electron chi connectivity index (χ3n) is 3.40. The topological polar surface area (TPSA) is 58.0 Å². The summed E-state index contributed by atoms with van der Waals surface area (Å²) in [7, 11) is 0. The molecule has 0 atom stereocenters. The SMILES string of the molecule is Cc1cc(C)nc(NCc2ccc(O)c3ncccc23)c1. The van der Waals surface area contributed by atoms with Crippen LogP contribution < -0.4 is 5.32 Å². The smallest absolute Gasteiger partial charge is 0.141 e. The number of nitrogens with one attached hydrogen (secondary N) is 1. The van der Waals surface area contributed by atoms with Crippen LogP contribution >= 0.6 is 0 Å². The predicted molar refractivity (Wildman–Crippen MR) is 84.4 cm³/mol. The zero-order valence-electron chi connectivity index (χ0n) is 12.1. The highest BCUT2D eigenvalue weighted by molar-refractivity contribution is 5.87. The van der Waals surface area contributed by atoms with Gasteiger partial charge >= 0.3 is 0 Å². The molecule has 0 fully saturated rings. The van der Waals surface area contributed by atoms with E-state index in [2.05, 4.69) is 22.2 Å². The molecule has 0 unspecified atom stereocenters. The minimum absolute atomic E-state index is 0.207. The van der Waals surface area contributed by atoms with Gasteiger partial charge in [-0.1, -0.05) is 12.1 Å². The van der Waals surface area contributed by atoms with E-state index in [4.69, 9.17) is 0 Å². The van der Waals surface area contributed by atoms with Crippen molar-refractivity contribution in [2.24, 2.45) is 0 Å². The summed E-state index contributed by atoms with van der Waals surface area (Å²) >= 11 is 0. The number of pyridine rings is 2. The molecule has 2 N–H and O–H groups in total. The highest BCUT2D eigenvalue weighted by atomic mass is 16.3. The summed E-state index contributed by atoms with van der Waals surface area (Å²) in [6.07, 6.45) is 1.69. The fourth-order valence-corrected chi connectivity index (χ4v) is 2.49. The quantitative estimate of drug-likeness (QED) is 0.769. The molecule has 0 radical (unpaired) electrons. The van der Waals surface area contributed by atoms with E-state index >= 15 is 0 Å². The number of aryl methyl sites for hydroxylation is 2. The van der Waals surface area contributed by atoms with Crippen LogP contribution in [0, 0.1) is 13.8 Å². The average molecular weight is 279 g/mol. The lowest BCUT2D eigenvalue weighted by molar-refractivity contribution is 0.480. The first kappa shape index (κ1) is 13.4. The van der Waals surface area contributed by atoms with Gasteiger partial charge in [-0.3, -0.25) is 4.98 Å². The Morgan fingerprint density at radius 1 is 1.14 bits per heavy atom. The van der Waals surface area contributed by atoms with Crippen molar-refractivity contribution >= 4 is 16.7 Å². The van der Waals surface area contributed by atoms with E-state index in [1.807, 2.05) is 37.3 Å². The minimum atomic E-state index is 0.207. The van der Waals surface area contributed by atoms with Gasteiger partial charge in [0.2, 0.25) is 0 Å². The first-order chi connectivity index (χ1) is 10.1. The molecular formula is C17H17N3O. The maximum Gasteiger partial charge on any atom is 0.141 e. The van der Waals surface area contributed by atoms with E-state index in [9.17, 15) is 5.11 Å². The normalized spacial score (nSPS) is 10.8. The molecule has 0 aliphatic rings. The van der Waals surface area contributed by atoms with Crippen molar-refractivity contribution in [1.82, 2.24) is 9.97 Å². The number of aromatic nitrogens is 2. The number of anilines is 1.